The summed E-state index contributed by atoms with van der Waals surface area (Å²) >= 11 is 0. The molecule has 2 rings (SSSR count). The summed E-state index contributed by atoms with van der Waals surface area (Å²) in [5.74, 6) is -1.78. The average Bonchev–Trinajstić information content (AvgIpc) is 2.48. The lowest BCUT2D eigenvalue weighted by atomic mass is 9.98. The van der Waals surface area contributed by atoms with E-state index in [1.807, 2.05) is 0 Å². The molecule has 1 fully saturated rings. The van der Waals surface area contributed by atoms with Crippen molar-refractivity contribution in [3.63, 3.8) is 0 Å². The van der Waals surface area contributed by atoms with Crippen LogP contribution in [0.2, 0.25) is 0 Å². The molecule has 8 nitrogen and oxygen atoms in total. The molecule has 0 aromatic carbocycles. The lowest BCUT2D eigenvalue weighted by Crippen LogP contribution is -2.46. The standard InChI is InChI=1S/C13H17N3O5/c1-14-10(17)4-6-16(13(14)21)8-11(18)15-5-2-3-9(7-15)12(19)20/h4,6,9H,2-3,5,7-8H2,1H3,(H,19,20). The highest BCUT2D eigenvalue weighted by molar-refractivity contribution is 5.77. The van der Waals surface area contributed by atoms with E-state index in [0.29, 0.717) is 19.4 Å². The molecule has 0 radical (unpaired) electrons. The normalized spacial score (nSPS) is 18.5. The maximum Gasteiger partial charge on any atom is 0.331 e. The van der Waals surface area contributed by atoms with E-state index in [4.69, 9.17) is 5.11 Å². The number of carboxylic acids is 1. The zero-order valence-corrected chi connectivity index (χ0v) is 11.7. The number of rotatable bonds is 3. The monoisotopic (exact) mass is 295 g/mol. The van der Waals surface area contributed by atoms with E-state index in [1.54, 1.807) is 0 Å². The highest BCUT2D eigenvalue weighted by Gasteiger charge is 2.28. The molecule has 0 spiro atoms. The van der Waals surface area contributed by atoms with Gasteiger partial charge in [-0.25, -0.2) is 4.79 Å². The molecular formula is C13H17N3O5. The van der Waals surface area contributed by atoms with Crippen molar-refractivity contribution in [2.75, 3.05) is 13.1 Å². The minimum Gasteiger partial charge on any atom is -0.481 e. The van der Waals surface area contributed by atoms with Crippen molar-refractivity contribution >= 4 is 11.9 Å². The van der Waals surface area contributed by atoms with Gasteiger partial charge < -0.3 is 10.0 Å². The molecule has 21 heavy (non-hydrogen) atoms. The van der Waals surface area contributed by atoms with Gasteiger partial charge in [0.25, 0.3) is 5.56 Å². The number of carboxylic acid groups (broad SMARTS) is 1. The molecule has 1 aliphatic rings. The fraction of sp³-hybridized carbons (Fsp3) is 0.538. The van der Waals surface area contributed by atoms with Crippen LogP contribution in [-0.2, 0) is 23.2 Å². The van der Waals surface area contributed by atoms with E-state index < -0.39 is 23.1 Å². The van der Waals surface area contributed by atoms with Gasteiger partial charge in [-0.2, -0.15) is 0 Å². The largest absolute Gasteiger partial charge is 0.481 e. The van der Waals surface area contributed by atoms with Gasteiger partial charge in [-0.1, -0.05) is 0 Å². The molecule has 1 unspecified atom stereocenters. The quantitative estimate of drug-likeness (QED) is 0.760. The van der Waals surface area contributed by atoms with E-state index >= 15 is 0 Å². The lowest BCUT2D eigenvalue weighted by Gasteiger charge is -2.30. The number of hydrogen-bond acceptors (Lipinski definition) is 4. The number of aliphatic carboxylic acids is 1. The van der Waals surface area contributed by atoms with Crippen LogP contribution in [0.3, 0.4) is 0 Å². The first-order chi connectivity index (χ1) is 9.90. The predicted molar refractivity (Wildman–Crippen MR) is 72.9 cm³/mol. The Morgan fingerprint density at radius 1 is 1.38 bits per heavy atom. The van der Waals surface area contributed by atoms with Crippen LogP contribution in [-0.4, -0.2) is 44.1 Å². The van der Waals surface area contributed by atoms with Gasteiger partial charge >= 0.3 is 11.7 Å². The number of amides is 1. The fourth-order valence-corrected chi connectivity index (χ4v) is 2.39. The van der Waals surface area contributed by atoms with Crippen molar-refractivity contribution in [3.05, 3.63) is 33.1 Å². The Labute approximate surface area is 120 Å². The molecule has 1 aromatic rings. The summed E-state index contributed by atoms with van der Waals surface area (Å²) in [6, 6.07) is 1.21. The van der Waals surface area contributed by atoms with Gasteiger partial charge in [-0.3, -0.25) is 23.5 Å². The Hall–Kier alpha value is -2.38. The smallest absolute Gasteiger partial charge is 0.331 e. The van der Waals surface area contributed by atoms with Gasteiger partial charge in [-0.15, -0.1) is 0 Å². The van der Waals surface area contributed by atoms with Crippen LogP contribution in [0.15, 0.2) is 21.9 Å². The maximum atomic E-state index is 12.2. The highest BCUT2D eigenvalue weighted by atomic mass is 16.4. The summed E-state index contributed by atoms with van der Waals surface area (Å²) in [5.41, 5.74) is -1.00. The minimum atomic E-state index is -0.910. The molecule has 1 saturated heterocycles. The van der Waals surface area contributed by atoms with Gasteiger partial charge in [0.2, 0.25) is 5.91 Å². The number of carbonyl (C=O) groups excluding carboxylic acids is 1. The number of hydrogen-bond donors (Lipinski definition) is 1. The summed E-state index contributed by atoms with van der Waals surface area (Å²) in [6.45, 7) is 0.455. The highest BCUT2D eigenvalue weighted by Crippen LogP contribution is 2.16. The van der Waals surface area contributed by atoms with Crippen LogP contribution in [0.5, 0.6) is 0 Å². The molecule has 0 saturated carbocycles. The minimum absolute atomic E-state index is 0.161. The second kappa shape index (κ2) is 5.94. The molecule has 1 aromatic heterocycles. The number of nitrogens with zero attached hydrogens (tertiary/aromatic N) is 3. The summed E-state index contributed by atoms with van der Waals surface area (Å²) in [5, 5.41) is 9.01. The number of piperidine rings is 1. The number of likely N-dealkylation sites (tertiary alicyclic amines) is 1. The molecule has 0 bridgehead atoms. The summed E-state index contributed by atoms with van der Waals surface area (Å²) < 4.78 is 2.07. The summed E-state index contributed by atoms with van der Waals surface area (Å²) in [6.07, 6.45) is 2.46. The molecule has 8 heteroatoms. The summed E-state index contributed by atoms with van der Waals surface area (Å²) in [7, 11) is 1.34. The molecule has 2 heterocycles. The topological polar surface area (TPSA) is 102 Å². The van der Waals surface area contributed by atoms with Gasteiger partial charge in [0.05, 0.1) is 5.92 Å². The van der Waals surface area contributed by atoms with Crippen LogP contribution >= 0.6 is 0 Å². The van der Waals surface area contributed by atoms with Gasteiger partial charge in [0.1, 0.15) is 6.54 Å². The second-order valence-electron chi connectivity index (χ2n) is 5.14. The molecule has 1 aliphatic heterocycles. The first-order valence-corrected chi connectivity index (χ1v) is 6.67. The summed E-state index contributed by atoms with van der Waals surface area (Å²) in [4.78, 5) is 47.7. The van der Waals surface area contributed by atoms with Crippen molar-refractivity contribution in [2.24, 2.45) is 13.0 Å². The Kier molecular flexibility index (Phi) is 4.25. The third-order valence-electron chi connectivity index (χ3n) is 3.69. The zero-order chi connectivity index (χ0) is 15.6. The van der Waals surface area contributed by atoms with E-state index in [1.165, 1.54) is 24.2 Å². The van der Waals surface area contributed by atoms with E-state index in [-0.39, 0.29) is 19.0 Å². The zero-order valence-electron chi connectivity index (χ0n) is 11.7. The van der Waals surface area contributed by atoms with E-state index in [9.17, 15) is 19.2 Å². The van der Waals surface area contributed by atoms with Crippen LogP contribution in [0, 0.1) is 5.92 Å². The third-order valence-corrected chi connectivity index (χ3v) is 3.69. The van der Waals surface area contributed by atoms with Crippen LogP contribution in [0.4, 0.5) is 0 Å². The van der Waals surface area contributed by atoms with Crippen molar-refractivity contribution in [2.45, 2.75) is 19.4 Å². The number of carbonyl (C=O) groups is 2. The Bertz CT molecular complexity index is 675. The first kappa shape index (κ1) is 15.0. The Morgan fingerprint density at radius 2 is 2.10 bits per heavy atom. The lowest BCUT2D eigenvalue weighted by molar-refractivity contribution is -0.145. The van der Waals surface area contributed by atoms with E-state index in [2.05, 4.69) is 0 Å². The Balaban J connectivity index is 2.11. The predicted octanol–water partition coefficient (Wildman–Crippen LogP) is -1.13. The van der Waals surface area contributed by atoms with Crippen LogP contribution < -0.4 is 11.2 Å². The molecule has 0 aliphatic carbocycles. The van der Waals surface area contributed by atoms with Crippen molar-refractivity contribution < 1.29 is 14.7 Å². The van der Waals surface area contributed by atoms with Crippen molar-refractivity contribution in [1.82, 2.24) is 14.0 Å². The molecule has 1 atom stereocenters. The number of aromatic nitrogens is 2. The molecule has 1 amide bonds. The second-order valence-corrected chi connectivity index (χ2v) is 5.14. The first-order valence-electron chi connectivity index (χ1n) is 6.67. The Morgan fingerprint density at radius 3 is 2.76 bits per heavy atom. The van der Waals surface area contributed by atoms with Crippen LogP contribution in [0.1, 0.15) is 12.8 Å². The van der Waals surface area contributed by atoms with Crippen molar-refractivity contribution in [3.8, 4) is 0 Å². The molecule has 1 N–H and O–H groups in total. The van der Waals surface area contributed by atoms with Gasteiger partial charge in [-0.05, 0) is 12.8 Å². The van der Waals surface area contributed by atoms with Gasteiger partial charge in [0.15, 0.2) is 0 Å². The van der Waals surface area contributed by atoms with Crippen molar-refractivity contribution in [1.29, 1.82) is 0 Å². The van der Waals surface area contributed by atoms with Gasteiger partial charge in [0, 0.05) is 32.4 Å². The van der Waals surface area contributed by atoms with Crippen LogP contribution in [0.25, 0.3) is 0 Å². The fourth-order valence-electron chi connectivity index (χ4n) is 2.39. The molecular weight excluding hydrogens is 278 g/mol. The average molecular weight is 295 g/mol. The van der Waals surface area contributed by atoms with E-state index in [0.717, 1.165) is 9.13 Å². The third kappa shape index (κ3) is 3.21. The maximum absolute atomic E-state index is 12.2. The molecule has 114 valence electrons. The SMILES string of the molecule is Cn1c(=O)ccn(CC(=O)N2CCCC(C(=O)O)C2)c1=O.